The van der Waals surface area contributed by atoms with Crippen molar-refractivity contribution in [3.8, 4) is 0 Å². The Morgan fingerprint density at radius 1 is 1.22 bits per heavy atom. The van der Waals surface area contributed by atoms with Gasteiger partial charge in [0.05, 0.1) is 4.90 Å². The predicted molar refractivity (Wildman–Crippen MR) is 74.3 cm³/mol. The minimum atomic E-state index is -3.43. The third-order valence-corrected chi connectivity index (χ3v) is 4.96. The molecule has 0 aliphatic rings. The topological polar surface area (TPSA) is 46.2 Å². The molecule has 0 spiro atoms. The summed E-state index contributed by atoms with van der Waals surface area (Å²) in [7, 11) is -3.43. The third-order valence-electron chi connectivity index (χ3n) is 2.67. The number of hydrogen-bond acceptors (Lipinski definition) is 3. The van der Waals surface area contributed by atoms with Crippen LogP contribution in [0.5, 0.6) is 0 Å². The number of nitrogens with one attached hydrogen (secondary N) is 1. The van der Waals surface area contributed by atoms with E-state index in [2.05, 4.69) is 4.72 Å². The van der Waals surface area contributed by atoms with Gasteiger partial charge in [-0.05, 0) is 47.9 Å². The van der Waals surface area contributed by atoms with Crippen LogP contribution in [-0.4, -0.2) is 8.42 Å². The monoisotopic (exact) mass is 281 g/mol. The molecule has 3 nitrogen and oxygen atoms in total. The van der Waals surface area contributed by atoms with Crippen LogP contribution >= 0.6 is 11.3 Å². The normalized spacial score (nSPS) is 11.7. The van der Waals surface area contributed by atoms with Crippen molar-refractivity contribution >= 4 is 21.4 Å². The Balaban J connectivity index is 2.20. The second kappa shape index (κ2) is 5.22. The second-order valence-electron chi connectivity index (χ2n) is 4.23. The molecule has 0 saturated carbocycles. The molecule has 1 aromatic carbocycles. The number of benzene rings is 1. The quantitative estimate of drug-likeness (QED) is 0.936. The summed E-state index contributed by atoms with van der Waals surface area (Å²) in [5.74, 6) is 0. The van der Waals surface area contributed by atoms with Crippen molar-refractivity contribution in [2.24, 2.45) is 0 Å². The zero-order valence-corrected chi connectivity index (χ0v) is 11.9. The van der Waals surface area contributed by atoms with Crippen molar-refractivity contribution < 1.29 is 8.42 Å². The Bertz CT molecular complexity index is 631. The molecule has 0 aliphatic heterocycles. The van der Waals surface area contributed by atoms with E-state index in [1.54, 1.807) is 17.4 Å². The standard InChI is InChI=1S/C13H15NO2S2/c1-10-3-4-13(11(2)7-10)18(15,16)14-8-12-5-6-17-9-12/h3-7,9,14H,8H2,1-2H3. The van der Waals surface area contributed by atoms with Crippen molar-refractivity contribution in [3.05, 3.63) is 51.7 Å². The summed E-state index contributed by atoms with van der Waals surface area (Å²) in [6, 6.07) is 7.25. The SMILES string of the molecule is Cc1ccc(S(=O)(=O)NCc2ccsc2)c(C)c1. The Morgan fingerprint density at radius 3 is 2.61 bits per heavy atom. The van der Waals surface area contributed by atoms with Crippen molar-refractivity contribution in [2.45, 2.75) is 25.3 Å². The Labute approximate surface area is 112 Å². The lowest BCUT2D eigenvalue weighted by atomic mass is 10.2. The molecule has 1 heterocycles. The molecule has 2 rings (SSSR count). The van der Waals surface area contributed by atoms with Crippen molar-refractivity contribution in [1.82, 2.24) is 4.72 Å². The molecule has 96 valence electrons. The van der Waals surface area contributed by atoms with Gasteiger partial charge in [-0.2, -0.15) is 11.3 Å². The van der Waals surface area contributed by atoms with Gasteiger partial charge in [0, 0.05) is 6.54 Å². The maximum absolute atomic E-state index is 12.2. The molecule has 0 fully saturated rings. The van der Waals surface area contributed by atoms with Crippen LogP contribution < -0.4 is 4.72 Å². The van der Waals surface area contributed by atoms with Gasteiger partial charge in [0.1, 0.15) is 0 Å². The lowest BCUT2D eigenvalue weighted by Gasteiger charge is -2.09. The van der Waals surface area contributed by atoms with Crippen LogP contribution in [0.4, 0.5) is 0 Å². The highest BCUT2D eigenvalue weighted by Gasteiger charge is 2.16. The van der Waals surface area contributed by atoms with Crippen LogP contribution in [0.3, 0.4) is 0 Å². The van der Waals surface area contributed by atoms with E-state index in [4.69, 9.17) is 0 Å². The number of thiophene rings is 1. The first-order chi connectivity index (χ1) is 8.49. The first-order valence-electron chi connectivity index (χ1n) is 5.57. The van der Waals surface area contributed by atoms with Crippen molar-refractivity contribution in [2.75, 3.05) is 0 Å². The smallest absolute Gasteiger partial charge is 0.207 e. The molecular weight excluding hydrogens is 266 g/mol. The maximum Gasteiger partial charge on any atom is 0.241 e. The van der Waals surface area contributed by atoms with E-state index in [9.17, 15) is 8.42 Å². The van der Waals surface area contributed by atoms with Crippen LogP contribution in [0, 0.1) is 13.8 Å². The molecule has 18 heavy (non-hydrogen) atoms. The number of hydrogen-bond donors (Lipinski definition) is 1. The summed E-state index contributed by atoms with van der Waals surface area (Å²) in [5.41, 5.74) is 2.81. The highest BCUT2D eigenvalue weighted by Crippen LogP contribution is 2.17. The average Bonchev–Trinajstić information content (AvgIpc) is 2.78. The lowest BCUT2D eigenvalue weighted by molar-refractivity contribution is 0.581. The molecule has 1 aromatic heterocycles. The van der Waals surface area contributed by atoms with Crippen LogP contribution in [0.15, 0.2) is 39.9 Å². The van der Waals surface area contributed by atoms with E-state index in [1.165, 1.54) is 0 Å². The van der Waals surface area contributed by atoms with Crippen LogP contribution in [-0.2, 0) is 16.6 Å². The van der Waals surface area contributed by atoms with E-state index >= 15 is 0 Å². The largest absolute Gasteiger partial charge is 0.241 e. The number of rotatable bonds is 4. The van der Waals surface area contributed by atoms with Gasteiger partial charge in [-0.25, -0.2) is 13.1 Å². The summed E-state index contributed by atoms with van der Waals surface area (Å²) >= 11 is 1.56. The van der Waals surface area contributed by atoms with E-state index in [0.29, 0.717) is 11.4 Å². The van der Waals surface area contributed by atoms with Crippen LogP contribution in [0.1, 0.15) is 16.7 Å². The lowest BCUT2D eigenvalue weighted by Crippen LogP contribution is -2.23. The van der Waals surface area contributed by atoms with Crippen molar-refractivity contribution in [3.63, 3.8) is 0 Å². The highest BCUT2D eigenvalue weighted by atomic mass is 32.2. The number of sulfonamides is 1. The first kappa shape index (κ1) is 13.3. The van der Waals surface area contributed by atoms with Gasteiger partial charge in [-0.15, -0.1) is 0 Å². The Kier molecular flexibility index (Phi) is 3.85. The summed E-state index contributed by atoms with van der Waals surface area (Å²) in [4.78, 5) is 0.350. The van der Waals surface area contributed by atoms with Crippen LogP contribution in [0.2, 0.25) is 0 Å². The summed E-state index contributed by atoms with van der Waals surface area (Å²) in [5, 5.41) is 3.87. The summed E-state index contributed by atoms with van der Waals surface area (Å²) < 4.78 is 26.9. The molecule has 0 saturated heterocycles. The molecule has 0 aliphatic carbocycles. The fourth-order valence-corrected chi connectivity index (χ4v) is 3.66. The molecule has 0 radical (unpaired) electrons. The maximum atomic E-state index is 12.2. The fourth-order valence-electron chi connectivity index (χ4n) is 1.75. The molecule has 0 atom stereocenters. The van der Waals surface area contributed by atoms with Gasteiger partial charge < -0.3 is 0 Å². The molecule has 0 amide bonds. The minimum Gasteiger partial charge on any atom is -0.207 e. The summed E-state index contributed by atoms with van der Waals surface area (Å²) in [6.45, 7) is 4.09. The molecule has 2 aromatic rings. The minimum absolute atomic E-state index is 0.332. The molecule has 1 N–H and O–H groups in total. The zero-order valence-electron chi connectivity index (χ0n) is 10.3. The average molecular weight is 281 g/mol. The number of aryl methyl sites for hydroxylation is 2. The van der Waals surface area contributed by atoms with Gasteiger partial charge in [0.25, 0.3) is 0 Å². The van der Waals surface area contributed by atoms with Crippen LogP contribution in [0.25, 0.3) is 0 Å². The van der Waals surface area contributed by atoms with Gasteiger partial charge >= 0.3 is 0 Å². The van der Waals surface area contributed by atoms with E-state index in [0.717, 1.165) is 16.7 Å². The fraction of sp³-hybridized carbons (Fsp3) is 0.231. The third kappa shape index (κ3) is 2.98. The van der Waals surface area contributed by atoms with E-state index in [1.807, 2.05) is 42.8 Å². The van der Waals surface area contributed by atoms with Gasteiger partial charge in [0.15, 0.2) is 0 Å². The predicted octanol–water partition coefficient (Wildman–Crippen LogP) is 2.84. The molecule has 0 bridgehead atoms. The van der Waals surface area contributed by atoms with Gasteiger partial charge in [0.2, 0.25) is 10.0 Å². The Hall–Kier alpha value is -1.17. The molecule has 0 unspecified atom stereocenters. The van der Waals surface area contributed by atoms with Gasteiger partial charge in [-0.3, -0.25) is 0 Å². The molecule has 5 heteroatoms. The van der Waals surface area contributed by atoms with Crippen molar-refractivity contribution in [1.29, 1.82) is 0 Å². The van der Waals surface area contributed by atoms with E-state index in [-0.39, 0.29) is 0 Å². The first-order valence-corrected chi connectivity index (χ1v) is 7.99. The van der Waals surface area contributed by atoms with Gasteiger partial charge in [-0.1, -0.05) is 17.7 Å². The zero-order chi connectivity index (χ0) is 13.2. The molecular formula is C13H15NO2S2. The highest BCUT2D eigenvalue weighted by molar-refractivity contribution is 7.89. The second-order valence-corrected chi connectivity index (χ2v) is 6.74. The Morgan fingerprint density at radius 2 is 2.00 bits per heavy atom. The summed E-state index contributed by atoms with van der Waals surface area (Å²) in [6.07, 6.45) is 0. The van der Waals surface area contributed by atoms with E-state index < -0.39 is 10.0 Å².